The fourth-order valence-electron chi connectivity index (χ4n) is 3.93. The van der Waals surface area contributed by atoms with E-state index >= 15 is 0 Å². The average molecular weight is 498 g/mol. The molecule has 7 heteroatoms. The van der Waals surface area contributed by atoms with E-state index in [1.807, 2.05) is 62.4 Å². The van der Waals surface area contributed by atoms with Crippen molar-refractivity contribution < 1.29 is 8.73 Å². The molecule has 0 aliphatic carbocycles. The Bertz CT molecular complexity index is 1220. The lowest BCUT2D eigenvalue weighted by Gasteiger charge is -2.28. The van der Waals surface area contributed by atoms with Gasteiger partial charge in [-0.15, -0.1) is 0 Å². The van der Waals surface area contributed by atoms with Crippen molar-refractivity contribution in [1.82, 2.24) is 10.1 Å². The van der Waals surface area contributed by atoms with E-state index in [0.29, 0.717) is 12.8 Å². The van der Waals surface area contributed by atoms with E-state index in [1.165, 1.54) is 0 Å². The quantitative estimate of drug-likeness (QED) is 0.351. The lowest BCUT2D eigenvalue weighted by atomic mass is 9.83. The molecule has 0 radical (unpaired) electrons. The number of para-hydroxylation sites is 1. The van der Waals surface area contributed by atoms with Gasteiger partial charge >= 0.3 is 0 Å². The first kappa shape index (κ1) is 21.9. The van der Waals surface area contributed by atoms with Crippen LogP contribution in [0.3, 0.4) is 0 Å². The van der Waals surface area contributed by atoms with Gasteiger partial charge in [0, 0.05) is 17.5 Å². The van der Waals surface area contributed by atoms with E-state index in [-0.39, 0.29) is 5.92 Å². The van der Waals surface area contributed by atoms with E-state index in [2.05, 4.69) is 38.2 Å². The summed E-state index contributed by atoms with van der Waals surface area (Å²) in [5.41, 5.74) is 4.61. The van der Waals surface area contributed by atoms with Gasteiger partial charge in [0.2, 0.25) is 0 Å². The van der Waals surface area contributed by atoms with Crippen molar-refractivity contribution in [2.75, 3.05) is 0 Å². The minimum Gasteiger partial charge on any atom is -0.354 e. The van der Waals surface area contributed by atoms with Crippen LogP contribution in [-0.2, 0) is 17.4 Å². The number of nitrogens with two attached hydrogens (primary N) is 1. The van der Waals surface area contributed by atoms with Gasteiger partial charge in [-0.25, -0.2) is 4.21 Å². The normalized spacial score (nSPS) is 13.9. The Balaban J connectivity index is 1.83. The second-order valence-corrected chi connectivity index (χ2v) is 10.8. The largest absolute Gasteiger partial charge is 0.354 e. The summed E-state index contributed by atoms with van der Waals surface area (Å²) < 4.78 is 18.2. The Morgan fingerprint density at radius 2 is 1.87 bits per heavy atom. The highest BCUT2D eigenvalue weighted by atomic mass is 79.9. The Morgan fingerprint density at radius 3 is 2.61 bits per heavy atom. The van der Waals surface area contributed by atoms with Crippen LogP contribution in [0.25, 0.3) is 22.2 Å². The molecule has 0 bridgehead atoms. The molecule has 160 valence electrons. The number of benzene rings is 2. The van der Waals surface area contributed by atoms with Crippen molar-refractivity contribution in [3.8, 4) is 11.3 Å². The zero-order valence-corrected chi connectivity index (χ0v) is 19.8. The summed E-state index contributed by atoms with van der Waals surface area (Å²) in [7, 11) is -1.46. The van der Waals surface area contributed by atoms with Crippen LogP contribution in [0.1, 0.15) is 37.4 Å². The van der Waals surface area contributed by atoms with Crippen LogP contribution in [0.4, 0.5) is 0 Å². The predicted molar refractivity (Wildman–Crippen MR) is 129 cm³/mol. The number of rotatable bonds is 7. The molecule has 2 heterocycles. The van der Waals surface area contributed by atoms with Crippen molar-refractivity contribution in [3.63, 3.8) is 0 Å². The first-order chi connectivity index (χ1) is 14.9. The standard InChI is InChI=1S/C24H24BrN3O2S/c1-24(2,31(26)29)15-16(14-17-8-5-6-13-27-17)18-9-3-4-10-19(18)22-20-11-7-12-21(25)23(20)30-28-22/h3-13,16H,14-15,26H2,1-2H3/t16-,31?/m0/s1. The zero-order chi connectivity index (χ0) is 22.0. The molecule has 1 unspecified atom stereocenters. The summed E-state index contributed by atoms with van der Waals surface area (Å²) >= 11 is 3.54. The molecule has 31 heavy (non-hydrogen) atoms. The fourth-order valence-corrected chi connectivity index (χ4v) is 4.73. The minimum absolute atomic E-state index is 0.0486. The number of hydrogen-bond acceptors (Lipinski definition) is 4. The molecule has 2 aromatic carbocycles. The average Bonchev–Trinajstić information content (AvgIpc) is 3.19. The Labute approximate surface area is 192 Å². The van der Waals surface area contributed by atoms with Gasteiger partial charge < -0.3 is 4.52 Å². The monoisotopic (exact) mass is 497 g/mol. The highest BCUT2D eigenvalue weighted by Gasteiger charge is 2.31. The minimum atomic E-state index is -1.46. The highest BCUT2D eigenvalue weighted by Crippen LogP contribution is 2.39. The summed E-state index contributed by atoms with van der Waals surface area (Å²) in [4.78, 5) is 4.53. The van der Waals surface area contributed by atoms with Crippen LogP contribution < -0.4 is 5.14 Å². The Hall–Kier alpha value is -2.35. The van der Waals surface area contributed by atoms with Gasteiger partial charge in [0.1, 0.15) is 5.69 Å². The van der Waals surface area contributed by atoms with Crippen LogP contribution in [0, 0.1) is 0 Å². The molecule has 0 spiro atoms. The lowest BCUT2D eigenvalue weighted by Crippen LogP contribution is -2.34. The number of halogens is 1. The number of nitrogens with zero attached hydrogens (tertiary/aromatic N) is 2. The number of aromatic nitrogens is 2. The van der Waals surface area contributed by atoms with Gasteiger partial charge in [-0.1, -0.05) is 41.6 Å². The second kappa shape index (κ2) is 9.02. The maximum atomic E-state index is 12.3. The van der Waals surface area contributed by atoms with E-state index in [4.69, 9.17) is 9.66 Å². The topological polar surface area (TPSA) is 82.0 Å². The molecule has 5 nitrogen and oxygen atoms in total. The predicted octanol–water partition coefficient (Wildman–Crippen LogP) is 5.77. The van der Waals surface area contributed by atoms with E-state index in [0.717, 1.165) is 38.0 Å². The molecule has 4 rings (SSSR count). The number of hydrogen-bond donors (Lipinski definition) is 1. The third-order valence-corrected chi connectivity index (χ3v) is 7.45. The highest BCUT2D eigenvalue weighted by molar-refractivity contribution is 9.10. The molecule has 0 amide bonds. The number of pyridine rings is 1. The van der Waals surface area contributed by atoms with E-state index < -0.39 is 15.7 Å². The van der Waals surface area contributed by atoms with E-state index in [9.17, 15) is 4.21 Å². The number of fused-ring (bicyclic) bond motifs is 1. The lowest BCUT2D eigenvalue weighted by molar-refractivity contribution is 0.457. The van der Waals surface area contributed by atoms with Crippen molar-refractivity contribution in [2.24, 2.45) is 5.14 Å². The summed E-state index contributed by atoms with van der Waals surface area (Å²) in [6, 6.07) is 20.0. The molecule has 0 fully saturated rings. The molecule has 4 aromatic rings. The molecule has 0 saturated carbocycles. The molecule has 2 aromatic heterocycles. The van der Waals surface area contributed by atoms with Crippen LogP contribution in [0.15, 0.2) is 75.9 Å². The van der Waals surface area contributed by atoms with Crippen molar-refractivity contribution in [2.45, 2.75) is 37.4 Å². The van der Waals surface area contributed by atoms with Crippen LogP contribution in [0.5, 0.6) is 0 Å². The van der Waals surface area contributed by atoms with Gasteiger partial charge in [-0.2, -0.15) is 0 Å². The maximum Gasteiger partial charge on any atom is 0.181 e. The van der Waals surface area contributed by atoms with Crippen molar-refractivity contribution in [3.05, 3.63) is 82.6 Å². The summed E-state index contributed by atoms with van der Waals surface area (Å²) in [5, 5.41) is 11.2. The van der Waals surface area contributed by atoms with Crippen LogP contribution in [0.2, 0.25) is 0 Å². The van der Waals surface area contributed by atoms with Crippen molar-refractivity contribution >= 4 is 37.9 Å². The summed E-state index contributed by atoms with van der Waals surface area (Å²) in [6.07, 6.45) is 3.15. The second-order valence-electron chi connectivity index (χ2n) is 8.22. The van der Waals surface area contributed by atoms with Crippen LogP contribution >= 0.6 is 15.9 Å². The molecule has 2 atom stereocenters. The first-order valence-electron chi connectivity index (χ1n) is 10.1. The molecule has 0 saturated heterocycles. The van der Waals surface area contributed by atoms with Gasteiger partial charge in [-0.05, 0) is 78.4 Å². The van der Waals surface area contributed by atoms with Crippen LogP contribution in [-0.4, -0.2) is 19.1 Å². The third-order valence-electron chi connectivity index (χ3n) is 5.57. The van der Waals surface area contributed by atoms with Crippen molar-refractivity contribution in [1.29, 1.82) is 0 Å². The van der Waals surface area contributed by atoms with Gasteiger partial charge in [0.25, 0.3) is 0 Å². The van der Waals surface area contributed by atoms with Gasteiger partial charge in [-0.3, -0.25) is 10.1 Å². The molecule has 2 N–H and O–H groups in total. The third kappa shape index (κ3) is 4.63. The molecular weight excluding hydrogens is 474 g/mol. The van der Waals surface area contributed by atoms with Gasteiger partial charge in [0.15, 0.2) is 5.58 Å². The smallest absolute Gasteiger partial charge is 0.181 e. The summed E-state index contributed by atoms with van der Waals surface area (Å²) in [6.45, 7) is 3.89. The fraction of sp³-hybridized carbons (Fsp3) is 0.250. The molecule has 0 aliphatic rings. The zero-order valence-electron chi connectivity index (χ0n) is 17.4. The van der Waals surface area contributed by atoms with Gasteiger partial charge in [0.05, 0.1) is 25.6 Å². The first-order valence-corrected chi connectivity index (χ1v) is 12.1. The Morgan fingerprint density at radius 1 is 1.10 bits per heavy atom. The van der Waals surface area contributed by atoms with E-state index in [1.54, 1.807) is 6.20 Å². The Kier molecular flexibility index (Phi) is 6.36. The maximum absolute atomic E-state index is 12.3. The summed E-state index contributed by atoms with van der Waals surface area (Å²) in [5.74, 6) is 0.0486. The SMILES string of the molecule is CC(C)(C[C@H](Cc1ccccn1)c1ccccc1-c1noc2c(Br)cccc12)S(N)=O. The molecule has 0 aliphatic heterocycles. The molecular formula is C24H24BrN3O2S.